The maximum Gasteiger partial charge on any atom is 0.240 e. The molecule has 128 valence electrons. The monoisotopic (exact) mass is 330 g/mol. The molecule has 1 heterocycles. The lowest BCUT2D eigenvalue weighted by Gasteiger charge is -2.57. The van der Waals surface area contributed by atoms with E-state index < -0.39 is 5.54 Å². The smallest absolute Gasteiger partial charge is 0.240 e. The predicted molar refractivity (Wildman–Crippen MR) is 90.0 cm³/mol. The maximum atomic E-state index is 12.7. The average Bonchev–Trinajstić information content (AvgIpc) is 2.53. The molecule has 1 amide bonds. The summed E-state index contributed by atoms with van der Waals surface area (Å²) in [4.78, 5) is 12.7. The first-order chi connectivity index (χ1) is 10.3. The second-order valence-corrected chi connectivity index (χ2v) is 8.30. The number of hydrogen-bond donors (Lipinski definition) is 2. The summed E-state index contributed by atoms with van der Waals surface area (Å²) in [6.45, 7) is 8.86. The van der Waals surface area contributed by atoms with Crippen molar-refractivity contribution in [3.8, 4) is 0 Å². The van der Waals surface area contributed by atoms with E-state index in [1.54, 1.807) is 0 Å². The lowest BCUT2D eigenvalue weighted by molar-refractivity contribution is -0.170. The lowest BCUT2D eigenvalue weighted by atomic mass is 9.54. The van der Waals surface area contributed by atoms with Crippen LogP contribution in [-0.4, -0.2) is 54.9 Å². The summed E-state index contributed by atoms with van der Waals surface area (Å²) >= 11 is 1.82. The molecule has 1 saturated carbocycles. The fourth-order valence-electron chi connectivity index (χ4n) is 3.42. The summed E-state index contributed by atoms with van der Waals surface area (Å²) in [6, 6.07) is 0. The summed E-state index contributed by atoms with van der Waals surface area (Å²) in [6.07, 6.45) is 4.70. The molecule has 0 aromatic heterocycles. The molecule has 2 atom stereocenters. The van der Waals surface area contributed by atoms with Crippen LogP contribution in [0.2, 0.25) is 0 Å². The number of nitrogens with one attached hydrogen (secondary N) is 1. The van der Waals surface area contributed by atoms with Crippen LogP contribution in [-0.2, 0) is 14.3 Å². The van der Waals surface area contributed by atoms with Gasteiger partial charge in [0.1, 0.15) is 5.54 Å². The Labute approximate surface area is 138 Å². The number of ether oxygens (including phenoxy) is 2. The van der Waals surface area contributed by atoms with E-state index in [0.29, 0.717) is 19.6 Å². The standard InChI is InChI=1S/C16H30N2O3S/c1-5-21-12-10-16(17,14(12,2)3)13(19)18-11-15(22-4)6-8-20-9-7-15/h12H,5-11,17H2,1-4H3,(H,18,19). The summed E-state index contributed by atoms with van der Waals surface area (Å²) in [7, 11) is 0. The number of rotatable bonds is 6. The Kier molecular flexibility index (Phi) is 5.47. The van der Waals surface area contributed by atoms with Gasteiger partial charge in [0.25, 0.3) is 0 Å². The van der Waals surface area contributed by atoms with Crippen molar-refractivity contribution in [3.63, 3.8) is 0 Å². The van der Waals surface area contributed by atoms with Gasteiger partial charge in [-0.05, 0) is 26.0 Å². The van der Waals surface area contributed by atoms with Crippen molar-refractivity contribution in [2.24, 2.45) is 11.1 Å². The topological polar surface area (TPSA) is 73.6 Å². The Morgan fingerprint density at radius 1 is 1.41 bits per heavy atom. The zero-order chi connectivity index (χ0) is 16.4. The molecule has 0 spiro atoms. The fraction of sp³-hybridized carbons (Fsp3) is 0.938. The van der Waals surface area contributed by atoms with Crippen molar-refractivity contribution in [2.45, 2.75) is 56.4 Å². The SMILES string of the molecule is CCOC1CC(N)(C(=O)NCC2(SC)CCOCC2)C1(C)C. The normalized spacial score (nSPS) is 33.0. The number of carbonyl (C=O) groups excluding carboxylic acids is 1. The van der Waals surface area contributed by atoms with Gasteiger partial charge in [0.05, 0.1) is 6.10 Å². The molecule has 5 nitrogen and oxygen atoms in total. The third-order valence-electron chi connectivity index (χ3n) is 5.64. The summed E-state index contributed by atoms with van der Waals surface area (Å²) < 4.78 is 11.2. The Morgan fingerprint density at radius 2 is 2.05 bits per heavy atom. The highest BCUT2D eigenvalue weighted by Crippen LogP contribution is 2.50. The van der Waals surface area contributed by atoms with E-state index in [4.69, 9.17) is 15.2 Å². The lowest BCUT2D eigenvalue weighted by Crippen LogP contribution is -2.76. The third-order valence-corrected chi connectivity index (χ3v) is 7.06. The number of thioether (sulfide) groups is 1. The first-order valence-electron chi connectivity index (χ1n) is 8.13. The minimum absolute atomic E-state index is 0.0478. The van der Waals surface area contributed by atoms with Crippen molar-refractivity contribution in [3.05, 3.63) is 0 Å². The predicted octanol–water partition coefficient (Wildman–Crippen LogP) is 1.55. The summed E-state index contributed by atoms with van der Waals surface area (Å²) in [5.74, 6) is -0.0478. The van der Waals surface area contributed by atoms with E-state index in [1.165, 1.54) is 0 Å². The Morgan fingerprint density at radius 3 is 2.55 bits per heavy atom. The molecule has 3 N–H and O–H groups in total. The molecule has 1 aliphatic heterocycles. The van der Waals surface area contributed by atoms with Crippen LogP contribution in [0.5, 0.6) is 0 Å². The molecule has 2 aliphatic rings. The first-order valence-corrected chi connectivity index (χ1v) is 9.35. The Bertz CT molecular complexity index is 410. The van der Waals surface area contributed by atoms with Crippen LogP contribution in [0, 0.1) is 5.41 Å². The van der Waals surface area contributed by atoms with Gasteiger partial charge in [0.2, 0.25) is 5.91 Å². The van der Waals surface area contributed by atoms with Gasteiger partial charge in [-0.3, -0.25) is 4.79 Å². The highest BCUT2D eigenvalue weighted by Gasteiger charge is 2.62. The largest absolute Gasteiger partial charge is 0.381 e. The summed E-state index contributed by atoms with van der Waals surface area (Å²) in [5, 5.41) is 3.11. The molecule has 2 rings (SSSR count). The molecule has 1 saturated heterocycles. The minimum atomic E-state index is -0.836. The number of carbonyl (C=O) groups is 1. The van der Waals surface area contributed by atoms with Gasteiger partial charge in [0, 0.05) is 42.9 Å². The second-order valence-electron chi connectivity index (χ2n) is 7.02. The number of hydrogen-bond acceptors (Lipinski definition) is 5. The number of nitrogens with two attached hydrogens (primary N) is 1. The third kappa shape index (κ3) is 3.03. The van der Waals surface area contributed by atoms with Crippen molar-refractivity contribution in [1.29, 1.82) is 0 Å². The van der Waals surface area contributed by atoms with Crippen LogP contribution in [0.25, 0.3) is 0 Å². The van der Waals surface area contributed by atoms with Crippen LogP contribution in [0.1, 0.15) is 40.0 Å². The second kappa shape index (κ2) is 6.67. The molecular weight excluding hydrogens is 300 g/mol. The van der Waals surface area contributed by atoms with E-state index >= 15 is 0 Å². The highest BCUT2D eigenvalue weighted by atomic mass is 32.2. The van der Waals surface area contributed by atoms with Gasteiger partial charge < -0.3 is 20.5 Å². The molecule has 2 fully saturated rings. The van der Waals surface area contributed by atoms with Gasteiger partial charge >= 0.3 is 0 Å². The highest BCUT2D eigenvalue weighted by molar-refractivity contribution is 8.00. The molecule has 1 aliphatic carbocycles. The van der Waals surface area contributed by atoms with Gasteiger partial charge in [0.15, 0.2) is 0 Å². The maximum absolute atomic E-state index is 12.7. The average molecular weight is 330 g/mol. The Hall–Kier alpha value is -0.300. The van der Waals surface area contributed by atoms with E-state index in [2.05, 4.69) is 11.6 Å². The minimum Gasteiger partial charge on any atom is -0.381 e. The van der Waals surface area contributed by atoms with E-state index in [-0.39, 0.29) is 22.2 Å². The van der Waals surface area contributed by atoms with Crippen molar-refractivity contribution in [2.75, 3.05) is 32.6 Å². The van der Waals surface area contributed by atoms with Crippen molar-refractivity contribution < 1.29 is 14.3 Å². The molecule has 6 heteroatoms. The molecule has 2 unspecified atom stereocenters. The number of amides is 1. The molecule has 0 radical (unpaired) electrons. The van der Waals surface area contributed by atoms with Crippen molar-refractivity contribution in [1.82, 2.24) is 5.32 Å². The molecule has 0 aromatic carbocycles. The van der Waals surface area contributed by atoms with Gasteiger partial charge in [-0.15, -0.1) is 0 Å². The molecule has 0 bridgehead atoms. The fourth-order valence-corrected chi connectivity index (χ4v) is 4.21. The molecule has 22 heavy (non-hydrogen) atoms. The van der Waals surface area contributed by atoms with E-state index in [1.807, 2.05) is 32.5 Å². The van der Waals surface area contributed by atoms with Crippen LogP contribution in [0.4, 0.5) is 0 Å². The van der Waals surface area contributed by atoms with Gasteiger partial charge in [-0.2, -0.15) is 11.8 Å². The van der Waals surface area contributed by atoms with Gasteiger partial charge in [-0.1, -0.05) is 13.8 Å². The quantitative estimate of drug-likeness (QED) is 0.773. The van der Waals surface area contributed by atoms with Crippen LogP contribution < -0.4 is 11.1 Å². The zero-order valence-electron chi connectivity index (χ0n) is 14.2. The van der Waals surface area contributed by atoms with Crippen LogP contribution in [0.15, 0.2) is 0 Å². The first kappa shape index (κ1) is 18.0. The van der Waals surface area contributed by atoms with Gasteiger partial charge in [-0.25, -0.2) is 0 Å². The van der Waals surface area contributed by atoms with Crippen LogP contribution >= 0.6 is 11.8 Å². The van der Waals surface area contributed by atoms with Crippen molar-refractivity contribution >= 4 is 17.7 Å². The zero-order valence-corrected chi connectivity index (χ0v) is 15.1. The molecule has 0 aromatic rings. The molecular formula is C16H30N2O3S. The Balaban J connectivity index is 1.95. The van der Waals surface area contributed by atoms with Crippen LogP contribution in [0.3, 0.4) is 0 Å². The van der Waals surface area contributed by atoms with E-state index in [9.17, 15) is 4.79 Å². The summed E-state index contributed by atoms with van der Waals surface area (Å²) in [5.41, 5.74) is 5.25. The van der Waals surface area contributed by atoms with E-state index in [0.717, 1.165) is 26.1 Å².